The molecule has 0 saturated carbocycles. The number of rotatable bonds is 4. The average Bonchev–Trinajstić information content (AvgIpc) is 2.52. The number of ether oxygens (including phenoxy) is 1. The van der Waals surface area contributed by atoms with Crippen LogP contribution in [0.3, 0.4) is 0 Å². The van der Waals surface area contributed by atoms with Crippen molar-refractivity contribution >= 4 is 29.4 Å². The van der Waals surface area contributed by atoms with E-state index in [2.05, 4.69) is 26.5 Å². The van der Waals surface area contributed by atoms with Crippen molar-refractivity contribution < 1.29 is 19.1 Å². The lowest BCUT2D eigenvalue weighted by molar-refractivity contribution is -0.115. The topological polar surface area (TPSA) is 121 Å². The van der Waals surface area contributed by atoms with Crippen LogP contribution in [0.25, 0.3) is 0 Å². The van der Waals surface area contributed by atoms with Gasteiger partial charge in [0.1, 0.15) is 12.1 Å². The molecule has 9 nitrogen and oxygen atoms in total. The van der Waals surface area contributed by atoms with Gasteiger partial charge in [0, 0.05) is 11.3 Å². The molecule has 9 heteroatoms. The Bertz CT molecular complexity index is 722. The van der Waals surface area contributed by atoms with Crippen molar-refractivity contribution in [3.05, 3.63) is 29.8 Å². The second-order valence-electron chi connectivity index (χ2n) is 6.78. The first-order valence-electron chi connectivity index (χ1n) is 8.15. The van der Waals surface area contributed by atoms with Crippen LogP contribution in [0.1, 0.15) is 33.3 Å². The Kier molecular flexibility index (Phi) is 5.81. The number of carbonyl (C=O) groups is 3. The Balaban J connectivity index is 1.88. The first-order valence-corrected chi connectivity index (χ1v) is 8.15. The van der Waals surface area contributed by atoms with Crippen molar-refractivity contribution in [2.45, 2.75) is 39.3 Å². The Hall–Kier alpha value is -3.10. The summed E-state index contributed by atoms with van der Waals surface area (Å²) >= 11 is 0. The second-order valence-corrected chi connectivity index (χ2v) is 6.78. The standard InChI is InChI=1S/C17H23N5O4/c1-10-14(21-22-15(24)19-10)11-5-7-12(8-6-11)20-13(23)9-18-16(25)26-17(2,3)4/h5-8,10H,9H2,1-4H3,(H,18,25)(H,20,23)(H2,19,22,24). The summed E-state index contributed by atoms with van der Waals surface area (Å²) in [6.07, 6.45) is -0.651. The Morgan fingerprint density at radius 2 is 1.88 bits per heavy atom. The lowest BCUT2D eigenvalue weighted by atomic mass is 10.0. The summed E-state index contributed by atoms with van der Waals surface area (Å²) in [6.45, 7) is 6.86. The number of hydrazone groups is 1. The van der Waals surface area contributed by atoms with E-state index >= 15 is 0 Å². The SMILES string of the molecule is CC1NC(=O)NN=C1c1ccc(NC(=O)CNC(=O)OC(C)(C)C)cc1. The molecule has 4 N–H and O–H groups in total. The Labute approximate surface area is 151 Å². The largest absolute Gasteiger partial charge is 0.444 e. The van der Waals surface area contributed by atoms with Crippen molar-refractivity contribution in [3.63, 3.8) is 0 Å². The number of urea groups is 1. The van der Waals surface area contributed by atoms with Crippen LogP contribution in [0.15, 0.2) is 29.4 Å². The van der Waals surface area contributed by atoms with E-state index in [0.29, 0.717) is 11.4 Å². The van der Waals surface area contributed by atoms with Gasteiger partial charge in [0.25, 0.3) is 0 Å². The van der Waals surface area contributed by atoms with Crippen LogP contribution in [0.2, 0.25) is 0 Å². The van der Waals surface area contributed by atoms with Crippen molar-refractivity contribution in [2.75, 3.05) is 11.9 Å². The van der Waals surface area contributed by atoms with Gasteiger partial charge in [-0.3, -0.25) is 4.79 Å². The summed E-state index contributed by atoms with van der Waals surface area (Å²) in [5, 5.41) is 11.8. The van der Waals surface area contributed by atoms with Gasteiger partial charge in [-0.1, -0.05) is 12.1 Å². The predicted molar refractivity (Wildman–Crippen MR) is 97.0 cm³/mol. The van der Waals surface area contributed by atoms with Crippen LogP contribution in [-0.4, -0.2) is 41.9 Å². The fraction of sp³-hybridized carbons (Fsp3) is 0.412. The minimum Gasteiger partial charge on any atom is -0.444 e. The molecule has 1 aliphatic heterocycles. The van der Waals surface area contributed by atoms with Gasteiger partial charge < -0.3 is 20.7 Å². The molecule has 2 rings (SSSR count). The third kappa shape index (κ3) is 5.76. The molecule has 0 spiro atoms. The lowest BCUT2D eigenvalue weighted by Crippen LogP contribution is -2.48. The fourth-order valence-corrected chi connectivity index (χ4v) is 2.22. The van der Waals surface area contributed by atoms with Crippen molar-refractivity contribution in [3.8, 4) is 0 Å². The normalized spacial score (nSPS) is 16.7. The van der Waals surface area contributed by atoms with Gasteiger partial charge in [-0.25, -0.2) is 15.0 Å². The number of hydrogen-bond acceptors (Lipinski definition) is 5. The van der Waals surface area contributed by atoms with Crippen LogP contribution in [0.5, 0.6) is 0 Å². The number of nitrogens with one attached hydrogen (secondary N) is 4. The van der Waals surface area contributed by atoms with Gasteiger partial charge in [0.2, 0.25) is 5.91 Å². The molecule has 0 aliphatic carbocycles. The molecule has 0 saturated heterocycles. The molecule has 0 fully saturated rings. The van der Waals surface area contributed by atoms with Gasteiger partial charge >= 0.3 is 12.1 Å². The summed E-state index contributed by atoms with van der Waals surface area (Å²) < 4.78 is 5.06. The summed E-state index contributed by atoms with van der Waals surface area (Å²) in [5.41, 5.74) is 3.82. The molecule has 0 radical (unpaired) electrons. The molecule has 1 aromatic carbocycles. The van der Waals surface area contributed by atoms with E-state index in [4.69, 9.17) is 4.74 Å². The zero-order valence-corrected chi connectivity index (χ0v) is 15.2. The number of amides is 4. The zero-order chi connectivity index (χ0) is 19.3. The quantitative estimate of drug-likeness (QED) is 0.650. The maximum Gasteiger partial charge on any atom is 0.408 e. The maximum atomic E-state index is 11.9. The minimum atomic E-state index is -0.651. The number of carbonyl (C=O) groups excluding carboxylic acids is 3. The predicted octanol–water partition coefficient (Wildman–Crippen LogP) is 1.56. The Morgan fingerprint density at radius 1 is 1.23 bits per heavy atom. The molecule has 1 unspecified atom stereocenters. The highest BCUT2D eigenvalue weighted by molar-refractivity contribution is 6.07. The first kappa shape index (κ1) is 19.2. The number of nitrogens with zero attached hydrogens (tertiary/aromatic N) is 1. The zero-order valence-electron chi connectivity index (χ0n) is 15.2. The monoisotopic (exact) mass is 361 g/mol. The summed E-state index contributed by atoms with van der Waals surface area (Å²) in [5.74, 6) is -0.374. The van der Waals surface area contributed by atoms with Crippen molar-refractivity contribution in [1.29, 1.82) is 0 Å². The van der Waals surface area contributed by atoms with Gasteiger partial charge in [-0.05, 0) is 39.8 Å². The van der Waals surface area contributed by atoms with Crippen LogP contribution in [0.4, 0.5) is 15.3 Å². The molecule has 0 aromatic heterocycles. The fourth-order valence-electron chi connectivity index (χ4n) is 2.22. The highest BCUT2D eigenvalue weighted by Crippen LogP contribution is 2.13. The van der Waals surface area contributed by atoms with E-state index in [1.807, 2.05) is 6.92 Å². The number of benzene rings is 1. The van der Waals surface area contributed by atoms with E-state index in [-0.39, 0.29) is 24.5 Å². The molecule has 26 heavy (non-hydrogen) atoms. The maximum absolute atomic E-state index is 11.9. The Morgan fingerprint density at radius 3 is 2.46 bits per heavy atom. The molecule has 1 heterocycles. The second kappa shape index (κ2) is 7.85. The molecule has 4 amide bonds. The van der Waals surface area contributed by atoms with E-state index in [1.54, 1.807) is 45.0 Å². The van der Waals surface area contributed by atoms with Gasteiger partial charge in [-0.2, -0.15) is 5.10 Å². The van der Waals surface area contributed by atoms with E-state index in [1.165, 1.54) is 0 Å². The molecule has 0 bridgehead atoms. The van der Waals surface area contributed by atoms with Crippen LogP contribution in [0, 0.1) is 0 Å². The highest BCUT2D eigenvalue weighted by atomic mass is 16.6. The van der Waals surface area contributed by atoms with Crippen molar-refractivity contribution in [2.24, 2.45) is 5.10 Å². The van der Waals surface area contributed by atoms with Crippen LogP contribution < -0.4 is 21.4 Å². The lowest BCUT2D eigenvalue weighted by Gasteiger charge is -2.21. The molecular weight excluding hydrogens is 338 g/mol. The summed E-state index contributed by atoms with van der Waals surface area (Å²) in [6, 6.07) is 6.43. The van der Waals surface area contributed by atoms with E-state index in [9.17, 15) is 14.4 Å². The molecule has 1 aliphatic rings. The van der Waals surface area contributed by atoms with Gasteiger partial charge in [0.15, 0.2) is 0 Å². The minimum absolute atomic E-state index is 0.198. The molecule has 140 valence electrons. The molecule has 1 atom stereocenters. The number of alkyl carbamates (subject to hydrolysis) is 1. The third-order valence-electron chi connectivity index (χ3n) is 3.29. The molecular formula is C17H23N5O4. The number of anilines is 1. The van der Waals surface area contributed by atoms with E-state index in [0.717, 1.165) is 5.56 Å². The first-order chi connectivity index (χ1) is 12.1. The van der Waals surface area contributed by atoms with Crippen LogP contribution in [-0.2, 0) is 9.53 Å². The smallest absolute Gasteiger partial charge is 0.408 e. The van der Waals surface area contributed by atoms with Crippen LogP contribution >= 0.6 is 0 Å². The molecule has 1 aromatic rings. The summed E-state index contributed by atoms with van der Waals surface area (Å²) in [4.78, 5) is 34.6. The highest BCUT2D eigenvalue weighted by Gasteiger charge is 2.20. The summed E-state index contributed by atoms with van der Waals surface area (Å²) in [7, 11) is 0. The van der Waals surface area contributed by atoms with Gasteiger partial charge in [-0.15, -0.1) is 0 Å². The third-order valence-corrected chi connectivity index (χ3v) is 3.29. The van der Waals surface area contributed by atoms with Gasteiger partial charge in [0.05, 0.1) is 11.8 Å². The van der Waals surface area contributed by atoms with E-state index < -0.39 is 11.7 Å². The average molecular weight is 361 g/mol. The number of hydrogen-bond donors (Lipinski definition) is 4. The van der Waals surface area contributed by atoms with Crippen molar-refractivity contribution in [1.82, 2.24) is 16.1 Å².